The van der Waals surface area contributed by atoms with Gasteiger partial charge in [-0.05, 0) is 56.3 Å². The molecule has 1 aliphatic rings. The first-order valence-corrected chi connectivity index (χ1v) is 6.27. The molecule has 0 aliphatic carbocycles. The number of hydrogen-bond donors (Lipinski definition) is 1. The van der Waals surface area contributed by atoms with Crippen LogP contribution in [0.25, 0.3) is 0 Å². The Balaban J connectivity index is 2.19. The van der Waals surface area contributed by atoms with Crippen molar-refractivity contribution in [3.63, 3.8) is 0 Å². The van der Waals surface area contributed by atoms with E-state index >= 15 is 0 Å². The molecule has 0 spiro atoms. The fourth-order valence-corrected chi connectivity index (χ4v) is 2.44. The van der Waals surface area contributed by atoms with Crippen molar-refractivity contribution >= 4 is 5.69 Å². The summed E-state index contributed by atoms with van der Waals surface area (Å²) in [6, 6.07) is 7.56. The number of nitrogens with zero attached hydrogens (tertiary/aromatic N) is 1. The standard InChI is InChI=1S/C14H22N2/c1-11-5-7-13-10-12(4-3-9-15)6-8-14(13)16(11)2/h6,8,10-11H,3-5,7,9,15H2,1-2H3. The second kappa shape index (κ2) is 4.88. The van der Waals surface area contributed by atoms with Crippen LogP contribution >= 0.6 is 0 Å². The minimum absolute atomic E-state index is 0.669. The highest BCUT2D eigenvalue weighted by molar-refractivity contribution is 5.57. The normalized spacial score (nSPS) is 19.7. The minimum Gasteiger partial charge on any atom is -0.372 e. The molecule has 0 fully saturated rings. The maximum absolute atomic E-state index is 5.55. The van der Waals surface area contributed by atoms with Crippen molar-refractivity contribution in [3.8, 4) is 0 Å². The summed E-state index contributed by atoms with van der Waals surface area (Å²) in [5.41, 5.74) is 9.90. The highest BCUT2D eigenvalue weighted by Gasteiger charge is 2.19. The molecule has 1 unspecified atom stereocenters. The van der Waals surface area contributed by atoms with Gasteiger partial charge in [-0.3, -0.25) is 0 Å². The molecule has 1 atom stereocenters. The third-order valence-corrected chi connectivity index (χ3v) is 3.69. The van der Waals surface area contributed by atoms with E-state index in [0.29, 0.717) is 6.04 Å². The van der Waals surface area contributed by atoms with Gasteiger partial charge in [-0.1, -0.05) is 12.1 Å². The lowest BCUT2D eigenvalue weighted by atomic mass is 9.94. The van der Waals surface area contributed by atoms with Gasteiger partial charge in [-0.2, -0.15) is 0 Å². The lowest BCUT2D eigenvalue weighted by Gasteiger charge is -2.34. The van der Waals surface area contributed by atoms with Crippen LogP contribution in [0.3, 0.4) is 0 Å². The first kappa shape index (κ1) is 11.5. The lowest BCUT2D eigenvalue weighted by Crippen LogP contribution is -2.33. The highest BCUT2D eigenvalue weighted by Crippen LogP contribution is 2.30. The fourth-order valence-electron chi connectivity index (χ4n) is 2.44. The average molecular weight is 218 g/mol. The minimum atomic E-state index is 0.669. The number of fused-ring (bicyclic) bond motifs is 1. The number of benzene rings is 1. The van der Waals surface area contributed by atoms with Crippen molar-refractivity contribution in [2.24, 2.45) is 5.73 Å². The van der Waals surface area contributed by atoms with E-state index in [1.54, 1.807) is 0 Å². The number of anilines is 1. The predicted octanol–water partition coefficient (Wildman–Crippen LogP) is 2.35. The van der Waals surface area contributed by atoms with E-state index in [9.17, 15) is 0 Å². The Labute approximate surface area is 98.4 Å². The van der Waals surface area contributed by atoms with E-state index in [1.165, 1.54) is 29.7 Å². The summed E-state index contributed by atoms with van der Waals surface area (Å²) in [5.74, 6) is 0. The maximum atomic E-state index is 5.55. The van der Waals surface area contributed by atoms with Crippen LogP contribution in [0.1, 0.15) is 30.9 Å². The second-order valence-corrected chi connectivity index (χ2v) is 4.85. The highest BCUT2D eigenvalue weighted by atomic mass is 15.1. The van der Waals surface area contributed by atoms with Crippen LogP contribution in [0.4, 0.5) is 5.69 Å². The summed E-state index contributed by atoms with van der Waals surface area (Å²) in [5, 5.41) is 0. The fraction of sp³-hybridized carbons (Fsp3) is 0.571. The Morgan fingerprint density at radius 2 is 2.25 bits per heavy atom. The molecule has 1 aliphatic heterocycles. The van der Waals surface area contributed by atoms with Gasteiger partial charge < -0.3 is 10.6 Å². The van der Waals surface area contributed by atoms with E-state index in [2.05, 4.69) is 37.1 Å². The van der Waals surface area contributed by atoms with Gasteiger partial charge in [0.1, 0.15) is 0 Å². The topological polar surface area (TPSA) is 29.3 Å². The predicted molar refractivity (Wildman–Crippen MR) is 70.0 cm³/mol. The molecule has 0 radical (unpaired) electrons. The van der Waals surface area contributed by atoms with Crippen molar-refractivity contribution < 1.29 is 0 Å². The smallest absolute Gasteiger partial charge is 0.0398 e. The molecule has 2 nitrogen and oxygen atoms in total. The van der Waals surface area contributed by atoms with Crippen LogP contribution in [-0.4, -0.2) is 19.6 Å². The summed E-state index contributed by atoms with van der Waals surface area (Å²) < 4.78 is 0. The van der Waals surface area contributed by atoms with Gasteiger partial charge in [0.15, 0.2) is 0 Å². The van der Waals surface area contributed by atoms with Gasteiger partial charge in [0.25, 0.3) is 0 Å². The van der Waals surface area contributed by atoms with Gasteiger partial charge in [-0.15, -0.1) is 0 Å². The molecule has 2 N–H and O–H groups in total. The molecule has 0 bridgehead atoms. The quantitative estimate of drug-likeness (QED) is 0.844. The van der Waals surface area contributed by atoms with E-state index in [4.69, 9.17) is 5.73 Å². The molecule has 0 amide bonds. The third-order valence-electron chi connectivity index (χ3n) is 3.69. The molecular formula is C14H22N2. The zero-order chi connectivity index (χ0) is 11.5. The molecule has 16 heavy (non-hydrogen) atoms. The van der Waals surface area contributed by atoms with Gasteiger partial charge >= 0.3 is 0 Å². The van der Waals surface area contributed by atoms with E-state index in [-0.39, 0.29) is 0 Å². The van der Waals surface area contributed by atoms with Gasteiger partial charge in [-0.25, -0.2) is 0 Å². The summed E-state index contributed by atoms with van der Waals surface area (Å²) in [7, 11) is 2.20. The van der Waals surface area contributed by atoms with Crippen molar-refractivity contribution in [2.75, 3.05) is 18.5 Å². The molecule has 0 aromatic heterocycles. The Hall–Kier alpha value is -1.02. The number of aryl methyl sites for hydroxylation is 2. The zero-order valence-corrected chi connectivity index (χ0v) is 10.4. The van der Waals surface area contributed by atoms with Crippen molar-refractivity contribution in [2.45, 2.75) is 38.6 Å². The molecule has 1 aromatic carbocycles. The van der Waals surface area contributed by atoms with E-state index in [0.717, 1.165) is 19.4 Å². The third kappa shape index (κ3) is 2.22. The number of rotatable bonds is 3. The summed E-state index contributed by atoms with van der Waals surface area (Å²) in [6.07, 6.45) is 4.69. The van der Waals surface area contributed by atoms with Gasteiger partial charge in [0.2, 0.25) is 0 Å². The van der Waals surface area contributed by atoms with Crippen LogP contribution in [0, 0.1) is 0 Å². The van der Waals surface area contributed by atoms with Crippen molar-refractivity contribution in [1.29, 1.82) is 0 Å². The van der Waals surface area contributed by atoms with Gasteiger partial charge in [0.05, 0.1) is 0 Å². The molecule has 88 valence electrons. The number of hydrogen-bond acceptors (Lipinski definition) is 2. The van der Waals surface area contributed by atoms with Crippen LogP contribution < -0.4 is 10.6 Å². The Kier molecular flexibility index (Phi) is 3.49. The SMILES string of the molecule is CC1CCc2cc(CCCN)ccc2N1C. The first-order valence-electron chi connectivity index (χ1n) is 6.27. The molecule has 0 saturated carbocycles. The van der Waals surface area contributed by atoms with Crippen LogP contribution in [0.15, 0.2) is 18.2 Å². The average Bonchev–Trinajstić information content (AvgIpc) is 2.31. The molecular weight excluding hydrogens is 196 g/mol. The molecule has 1 aromatic rings. The second-order valence-electron chi connectivity index (χ2n) is 4.85. The van der Waals surface area contributed by atoms with Crippen molar-refractivity contribution in [3.05, 3.63) is 29.3 Å². The largest absolute Gasteiger partial charge is 0.372 e. The molecule has 2 heteroatoms. The monoisotopic (exact) mass is 218 g/mol. The lowest BCUT2D eigenvalue weighted by molar-refractivity contribution is 0.598. The summed E-state index contributed by atoms with van der Waals surface area (Å²) in [6.45, 7) is 3.08. The Bertz CT molecular complexity index is 360. The zero-order valence-electron chi connectivity index (χ0n) is 10.4. The Morgan fingerprint density at radius 3 is 3.00 bits per heavy atom. The summed E-state index contributed by atoms with van der Waals surface area (Å²) >= 11 is 0. The molecule has 1 heterocycles. The summed E-state index contributed by atoms with van der Waals surface area (Å²) in [4.78, 5) is 2.39. The maximum Gasteiger partial charge on any atom is 0.0398 e. The van der Waals surface area contributed by atoms with Crippen LogP contribution in [-0.2, 0) is 12.8 Å². The number of nitrogens with two attached hydrogens (primary N) is 1. The van der Waals surface area contributed by atoms with Crippen molar-refractivity contribution in [1.82, 2.24) is 0 Å². The van der Waals surface area contributed by atoms with Crippen LogP contribution in [0.5, 0.6) is 0 Å². The van der Waals surface area contributed by atoms with Crippen LogP contribution in [0.2, 0.25) is 0 Å². The Morgan fingerprint density at radius 1 is 1.44 bits per heavy atom. The molecule has 0 saturated heterocycles. The van der Waals surface area contributed by atoms with E-state index in [1.807, 2.05) is 0 Å². The first-order chi connectivity index (χ1) is 7.72. The molecule has 2 rings (SSSR count). The van der Waals surface area contributed by atoms with Gasteiger partial charge in [0, 0.05) is 18.8 Å². The van der Waals surface area contributed by atoms with E-state index < -0.39 is 0 Å².